The summed E-state index contributed by atoms with van der Waals surface area (Å²) < 4.78 is 1.36. The van der Waals surface area contributed by atoms with Crippen molar-refractivity contribution >= 4 is 10.8 Å². The molecule has 1 fully saturated rings. The molecule has 3 rings (SSSR count). The summed E-state index contributed by atoms with van der Waals surface area (Å²) in [5.41, 5.74) is -0.0749. The quantitative estimate of drug-likeness (QED) is 0.769. The van der Waals surface area contributed by atoms with Gasteiger partial charge in [0.25, 0.3) is 5.56 Å². The number of fused-ring (bicyclic) bond motifs is 1. The third-order valence-corrected chi connectivity index (χ3v) is 4.33. The molecule has 118 valence electrons. The number of benzene rings is 1. The maximum absolute atomic E-state index is 12.3. The molecule has 1 saturated heterocycles. The number of hydrogen-bond donors (Lipinski definition) is 0. The van der Waals surface area contributed by atoms with Crippen LogP contribution in [0, 0.1) is 0 Å². The van der Waals surface area contributed by atoms with E-state index in [4.69, 9.17) is 4.84 Å². The second-order valence-corrected chi connectivity index (χ2v) is 5.98. The van der Waals surface area contributed by atoms with Gasteiger partial charge in [-0.15, -0.1) is 0 Å². The molecule has 0 atom stereocenters. The predicted molar refractivity (Wildman–Crippen MR) is 89.2 cm³/mol. The highest BCUT2D eigenvalue weighted by Gasteiger charge is 2.09. The zero-order valence-electron chi connectivity index (χ0n) is 13.0. The lowest BCUT2D eigenvalue weighted by Crippen LogP contribution is -2.31. The zero-order valence-corrected chi connectivity index (χ0v) is 13.0. The maximum atomic E-state index is 12.3. The van der Waals surface area contributed by atoms with Gasteiger partial charge in [-0.3, -0.25) is 4.79 Å². The number of pyridine rings is 1. The summed E-state index contributed by atoms with van der Waals surface area (Å²) >= 11 is 0. The van der Waals surface area contributed by atoms with E-state index in [1.165, 1.54) is 37.1 Å². The molecule has 0 amide bonds. The van der Waals surface area contributed by atoms with Crippen LogP contribution in [0.15, 0.2) is 41.3 Å². The van der Waals surface area contributed by atoms with Crippen LogP contribution in [0.5, 0.6) is 0 Å². The fourth-order valence-corrected chi connectivity index (χ4v) is 3.06. The number of rotatable bonds is 6. The van der Waals surface area contributed by atoms with Crippen LogP contribution in [0.2, 0.25) is 0 Å². The van der Waals surface area contributed by atoms with Crippen LogP contribution in [0.4, 0.5) is 0 Å². The van der Waals surface area contributed by atoms with Crippen LogP contribution in [-0.2, 0) is 0 Å². The van der Waals surface area contributed by atoms with Crippen molar-refractivity contribution in [3.05, 3.63) is 46.9 Å². The van der Waals surface area contributed by atoms with E-state index >= 15 is 0 Å². The molecule has 1 aromatic heterocycles. The largest absolute Gasteiger partial charge is 0.411 e. The highest BCUT2D eigenvalue weighted by Crippen LogP contribution is 2.09. The van der Waals surface area contributed by atoms with Crippen molar-refractivity contribution in [3.8, 4) is 0 Å². The highest BCUT2D eigenvalue weighted by molar-refractivity contribution is 5.81. The van der Waals surface area contributed by atoms with Gasteiger partial charge in [0.1, 0.15) is 6.61 Å². The van der Waals surface area contributed by atoms with Crippen molar-refractivity contribution in [1.82, 2.24) is 9.63 Å². The van der Waals surface area contributed by atoms with Crippen LogP contribution in [0.25, 0.3) is 10.8 Å². The topological polar surface area (TPSA) is 34.5 Å². The van der Waals surface area contributed by atoms with Gasteiger partial charge in [0.2, 0.25) is 0 Å². The molecule has 0 spiro atoms. The summed E-state index contributed by atoms with van der Waals surface area (Å²) in [6, 6.07) is 9.53. The van der Waals surface area contributed by atoms with Gasteiger partial charge in [-0.2, -0.15) is 4.73 Å². The number of unbranched alkanes of at least 4 members (excludes halogenated alkanes) is 1. The first kappa shape index (κ1) is 15.1. The zero-order chi connectivity index (χ0) is 15.2. The molecule has 0 bridgehead atoms. The van der Waals surface area contributed by atoms with E-state index in [2.05, 4.69) is 4.90 Å². The lowest BCUT2D eigenvalue weighted by molar-refractivity contribution is 0.0967. The summed E-state index contributed by atoms with van der Waals surface area (Å²) in [5.74, 6) is 0. The molecular weight excluding hydrogens is 276 g/mol. The SMILES string of the molecule is O=c1c2ccccc2ccn1OCCCCN1CCCCC1. The molecule has 0 radical (unpaired) electrons. The number of piperidine rings is 1. The summed E-state index contributed by atoms with van der Waals surface area (Å²) in [7, 11) is 0. The fraction of sp³-hybridized carbons (Fsp3) is 0.500. The first-order chi connectivity index (χ1) is 10.8. The smallest absolute Gasteiger partial charge is 0.290 e. The van der Waals surface area contributed by atoms with E-state index in [-0.39, 0.29) is 5.56 Å². The molecule has 4 nitrogen and oxygen atoms in total. The van der Waals surface area contributed by atoms with E-state index < -0.39 is 0 Å². The minimum Gasteiger partial charge on any atom is -0.411 e. The molecule has 2 aromatic rings. The molecule has 4 heteroatoms. The summed E-state index contributed by atoms with van der Waals surface area (Å²) in [5, 5.41) is 1.66. The average molecular weight is 300 g/mol. The molecule has 0 N–H and O–H groups in total. The normalized spacial score (nSPS) is 16.0. The Morgan fingerprint density at radius 3 is 2.68 bits per heavy atom. The van der Waals surface area contributed by atoms with Crippen molar-refractivity contribution in [1.29, 1.82) is 0 Å². The van der Waals surface area contributed by atoms with Gasteiger partial charge in [-0.25, -0.2) is 0 Å². The van der Waals surface area contributed by atoms with Crippen LogP contribution in [0.3, 0.4) is 0 Å². The second kappa shape index (κ2) is 7.45. The van der Waals surface area contributed by atoms with E-state index in [0.29, 0.717) is 12.0 Å². The summed E-state index contributed by atoms with van der Waals surface area (Å²) in [4.78, 5) is 20.4. The fourth-order valence-electron chi connectivity index (χ4n) is 3.06. The van der Waals surface area contributed by atoms with Crippen molar-refractivity contribution in [2.45, 2.75) is 32.1 Å². The minimum atomic E-state index is -0.0749. The molecule has 2 heterocycles. The Bertz CT molecular complexity index is 659. The van der Waals surface area contributed by atoms with E-state index in [1.807, 2.05) is 30.3 Å². The number of likely N-dealkylation sites (tertiary alicyclic amines) is 1. The Labute approximate surface area is 131 Å². The maximum Gasteiger partial charge on any atom is 0.290 e. The predicted octanol–water partition coefficient (Wildman–Crippen LogP) is 2.70. The Kier molecular flexibility index (Phi) is 5.11. The molecule has 22 heavy (non-hydrogen) atoms. The molecular formula is C18H24N2O2. The van der Waals surface area contributed by atoms with Crippen molar-refractivity contribution in [3.63, 3.8) is 0 Å². The highest BCUT2D eigenvalue weighted by atomic mass is 16.7. The molecule has 1 aliphatic heterocycles. The monoisotopic (exact) mass is 300 g/mol. The minimum absolute atomic E-state index is 0.0749. The first-order valence-electron chi connectivity index (χ1n) is 8.31. The van der Waals surface area contributed by atoms with Crippen molar-refractivity contribution < 1.29 is 4.84 Å². The van der Waals surface area contributed by atoms with Gasteiger partial charge >= 0.3 is 0 Å². The standard InChI is InChI=1S/C18H24N2O2/c21-18-17-9-3-2-8-16(17)10-14-20(18)22-15-7-6-13-19-11-4-1-5-12-19/h2-3,8-10,14H,1,4-7,11-13,15H2. The number of nitrogens with zero attached hydrogens (tertiary/aromatic N) is 2. The van der Waals surface area contributed by atoms with E-state index in [1.54, 1.807) is 6.20 Å². The van der Waals surface area contributed by atoms with Crippen molar-refractivity contribution in [2.24, 2.45) is 0 Å². The van der Waals surface area contributed by atoms with Crippen molar-refractivity contribution in [2.75, 3.05) is 26.2 Å². The Balaban J connectivity index is 1.47. The van der Waals surface area contributed by atoms with Gasteiger partial charge in [0.15, 0.2) is 0 Å². The summed E-state index contributed by atoms with van der Waals surface area (Å²) in [6.45, 7) is 4.22. The van der Waals surface area contributed by atoms with Crippen LogP contribution >= 0.6 is 0 Å². The van der Waals surface area contributed by atoms with Crippen LogP contribution in [0.1, 0.15) is 32.1 Å². The molecule has 0 aliphatic carbocycles. The third-order valence-electron chi connectivity index (χ3n) is 4.33. The Morgan fingerprint density at radius 1 is 1.00 bits per heavy atom. The number of hydrogen-bond acceptors (Lipinski definition) is 3. The average Bonchev–Trinajstić information content (AvgIpc) is 2.58. The number of aromatic nitrogens is 1. The van der Waals surface area contributed by atoms with E-state index in [0.717, 1.165) is 24.8 Å². The Morgan fingerprint density at radius 2 is 1.82 bits per heavy atom. The first-order valence-corrected chi connectivity index (χ1v) is 8.31. The molecule has 0 unspecified atom stereocenters. The molecule has 0 saturated carbocycles. The van der Waals surface area contributed by atoms with Gasteiger partial charge in [0, 0.05) is 6.20 Å². The molecule has 1 aromatic carbocycles. The molecule has 1 aliphatic rings. The van der Waals surface area contributed by atoms with Gasteiger partial charge < -0.3 is 9.74 Å². The van der Waals surface area contributed by atoms with Crippen LogP contribution in [-0.4, -0.2) is 35.9 Å². The third kappa shape index (κ3) is 3.69. The second-order valence-electron chi connectivity index (χ2n) is 5.98. The van der Waals surface area contributed by atoms with Gasteiger partial charge in [0.05, 0.1) is 5.39 Å². The van der Waals surface area contributed by atoms with Gasteiger partial charge in [-0.1, -0.05) is 24.6 Å². The summed E-state index contributed by atoms with van der Waals surface area (Å²) in [6.07, 6.45) is 7.88. The lowest BCUT2D eigenvalue weighted by Gasteiger charge is -2.26. The van der Waals surface area contributed by atoms with E-state index in [9.17, 15) is 4.79 Å². The lowest BCUT2D eigenvalue weighted by atomic mass is 10.1. The van der Waals surface area contributed by atoms with Crippen LogP contribution < -0.4 is 10.4 Å². The Hall–Kier alpha value is -1.81. The van der Waals surface area contributed by atoms with Gasteiger partial charge in [-0.05, 0) is 62.8 Å².